The molecule has 0 aromatic carbocycles. The van der Waals surface area contributed by atoms with Crippen LogP contribution in [0.15, 0.2) is 6.07 Å². The molecule has 1 aromatic rings. The van der Waals surface area contributed by atoms with Crippen LogP contribution < -0.4 is 5.73 Å². The van der Waals surface area contributed by atoms with Crippen molar-refractivity contribution in [1.82, 2.24) is 4.98 Å². The van der Waals surface area contributed by atoms with E-state index in [2.05, 4.69) is 4.98 Å². The molecule has 0 spiro atoms. The number of hydrogen-bond donors (Lipinski definition) is 1. The monoisotopic (exact) mass is 221 g/mol. The van der Waals surface area contributed by atoms with Crippen molar-refractivity contribution in [2.75, 3.05) is 0 Å². The van der Waals surface area contributed by atoms with E-state index in [1.54, 1.807) is 0 Å². The molecule has 0 aliphatic heterocycles. The Balaban J connectivity index is 3.38. The number of hydrogen-bond acceptors (Lipinski definition) is 4. The summed E-state index contributed by atoms with van der Waals surface area (Å²) in [6, 6.07) is 0.524. The average Bonchev–Trinajstić information content (AvgIpc) is 2.16. The molecule has 0 amide bonds. The molecule has 0 unspecified atom stereocenters. The third-order valence-electron chi connectivity index (χ3n) is 1.72. The Labute approximate surface area is 81.9 Å². The lowest BCUT2D eigenvalue weighted by Gasteiger charge is -2.04. The molecule has 0 radical (unpaired) electrons. The lowest BCUT2D eigenvalue weighted by Crippen LogP contribution is -2.09. The van der Waals surface area contributed by atoms with Crippen molar-refractivity contribution in [2.45, 2.75) is 13.0 Å². The Morgan fingerprint density at radius 2 is 2.20 bits per heavy atom. The minimum absolute atomic E-state index is 0.490. The van der Waals surface area contributed by atoms with E-state index in [9.17, 15) is 23.3 Å². The summed E-state index contributed by atoms with van der Waals surface area (Å²) in [4.78, 5) is 12.1. The maximum Gasteiger partial charge on any atom is 0.367 e. The maximum atomic E-state index is 13.0. The molecule has 2 N–H and O–H groups in total. The van der Waals surface area contributed by atoms with E-state index in [1.165, 1.54) is 0 Å². The highest BCUT2D eigenvalue weighted by Gasteiger charge is 2.24. The number of pyridine rings is 1. The van der Waals surface area contributed by atoms with Gasteiger partial charge in [-0.2, -0.15) is 4.39 Å². The van der Waals surface area contributed by atoms with Crippen LogP contribution in [0.4, 0.5) is 19.0 Å². The van der Waals surface area contributed by atoms with Gasteiger partial charge in [0.05, 0.1) is 5.56 Å². The smallest absolute Gasteiger partial charge is 0.358 e. The molecule has 15 heavy (non-hydrogen) atoms. The fourth-order valence-corrected chi connectivity index (χ4v) is 1.04. The van der Waals surface area contributed by atoms with E-state index in [4.69, 9.17) is 5.73 Å². The molecule has 0 bridgehead atoms. The second kappa shape index (κ2) is 4.22. The Hall–Kier alpha value is -1.70. The first-order valence-electron chi connectivity index (χ1n) is 3.79. The lowest BCUT2D eigenvalue weighted by atomic mass is 10.1. The van der Waals surface area contributed by atoms with Crippen LogP contribution >= 0.6 is 0 Å². The van der Waals surface area contributed by atoms with Gasteiger partial charge < -0.3 is 15.8 Å². The van der Waals surface area contributed by atoms with Gasteiger partial charge in [-0.3, -0.25) is 0 Å². The summed E-state index contributed by atoms with van der Waals surface area (Å²) in [5.41, 5.74) is 3.73. The summed E-state index contributed by atoms with van der Waals surface area (Å²) in [7, 11) is 0. The number of nitrogens with zero attached hydrogens (tertiary/aromatic N) is 2. The molecule has 1 rings (SSSR count). The van der Waals surface area contributed by atoms with Crippen LogP contribution in [0.25, 0.3) is 0 Å². The van der Waals surface area contributed by atoms with E-state index in [-0.39, 0.29) is 0 Å². The van der Waals surface area contributed by atoms with E-state index < -0.39 is 40.8 Å². The molecule has 1 heterocycles. The van der Waals surface area contributed by atoms with Gasteiger partial charge in [-0.05, 0) is 9.91 Å². The molecule has 0 aliphatic carbocycles. The van der Waals surface area contributed by atoms with E-state index >= 15 is 0 Å². The predicted molar refractivity (Wildman–Crippen MR) is 43.7 cm³/mol. The number of aromatic nitrogens is 1. The van der Waals surface area contributed by atoms with Crippen LogP contribution in [0.1, 0.15) is 17.6 Å². The van der Waals surface area contributed by atoms with E-state index in [1.807, 2.05) is 0 Å². The minimum atomic E-state index is -3.03. The number of nitro groups is 1. The summed E-state index contributed by atoms with van der Waals surface area (Å²) in [6.45, 7) is -0.490. The maximum absolute atomic E-state index is 13.0. The van der Waals surface area contributed by atoms with Crippen molar-refractivity contribution in [3.05, 3.63) is 33.3 Å². The van der Waals surface area contributed by atoms with Gasteiger partial charge in [-0.25, -0.2) is 8.78 Å². The summed E-state index contributed by atoms with van der Waals surface area (Å²) >= 11 is 0. The largest absolute Gasteiger partial charge is 0.367 e. The number of nitrogens with two attached hydrogens (primary N) is 1. The third kappa shape index (κ3) is 2.21. The van der Waals surface area contributed by atoms with Crippen molar-refractivity contribution >= 4 is 5.82 Å². The van der Waals surface area contributed by atoms with Crippen LogP contribution in [0.3, 0.4) is 0 Å². The molecule has 82 valence electrons. The quantitative estimate of drug-likeness (QED) is 0.476. The van der Waals surface area contributed by atoms with Crippen molar-refractivity contribution < 1.29 is 18.1 Å². The Morgan fingerprint density at radius 3 is 2.60 bits per heavy atom. The lowest BCUT2D eigenvalue weighted by molar-refractivity contribution is -0.390. The molecule has 8 heteroatoms. The van der Waals surface area contributed by atoms with Gasteiger partial charge in [-0.15, -0.1) is 0 Å². The van der Waals surface area contributed by atoms with Gasteiger partial charge >= 0.3 is 11.8 Å². The number of alkyl halides is 2. The number of halogens is 3. The second-order valence-corrected chi connectivity index (χ2v) is 2.60. The molecule has 0 saturated carbocycles. The first-order valence-corrected chi connectivity index (χ1v) is 3.79. The van der Waals surface area contributed by atoms with Crippen LogP contribution in [-0.4, -0.2) is 9.91 Å². The third-order valence-corrected chi connectivity index (χ3v) is 1.72. The van der Waals surface area contributed by atoms with Crippen LogP contribution in [-0.2, 0) is 6.54 Å². The summed E-state index contributed by atoms with van der Waals surface area (Å²) in [5.74, 6) is -2.29. The second-order valence-electron chi connectivity index (χ2n) is 2.60. The highest BCUT2D eigenvalue weighted by atomic mass is 19.3. The fraction of sp³-hybridized carbons (Fsp3) is 0.286. The molecule has 0 fully saturated rings. The van der Waals surface area contributed by atoms with Crippen LogP contribution in [0, 0.1) is 16.1 Å². The topological polar surface area (TPSA) is 82.0 Å². The van der Waals surface area contributed by atoms with Gasteiger partial charge in [0.15, 0.2) is 0 Å². The SMILES string of the molecule is NCc1c(C(F)F)cc([N+](=O)[O-])nc1F. The molecular formula is C7H6F3N3O2. The first kappa shape index (κ1) is 11.4. The van der Waals surface area contributed by atoms with Crippen LogP contribution in [0.2, 0.25) is 0 Å². The summed E-state index contributed by atoms with van der Waals surface area (Å²) in [6.07, 6.45) is -3.03. The molecular weight excluding hydrogens is 215 g/mol. The molecule has 0 saturated heterocycles. The summed E-state index contributed by atoms with van der Waals surface area (Å²) < 4.78 is 37.7. The Bertz CT molecular complexity index is 397. The standard InChI is InChI=1S/C7H6F3N3O2/c8-6(9)3-1-5(13(14)15)12-7(10)4(3)2-11/h1,6H,2,11H2. The van der Waals surface area contributed by atoms with Crippen molar-refractivity contribution in [1.29, 1.82) is 0 Å². The molecule has 1 aromatic heterocycles. The minimum Gasteiger partial charge on any atom is -0.358 e. The van der Waals surface area contributed by atoms with E-state index in [0.29, 0.717) is 6.07 Å². The van der Waals surface area contributed by atoms with Gasteiger partial charge in [0.25, 0.3) is 6.43 Å². The highest BCUT2D eigenvalue weighted by molar-refractivity contribution is 5.34. The van der Waals surface area contributed by atoms with Crippen molar-refractivity contribution in [2.24, 2.45) is 5.73 Å². The number of rotatable bonds is 3. The molecule has 0 atom stereocenters. The predicted octanol–water partition coefficient (Wildman–Crippen LogP) is 1.53. The van der Waals surface area contributed by atoms with Gasteiger partial charge in [0.1, 0.15) is 0 Å². The Morgan fingerprint density at radius 1 is 1.60 bits per heavy atom. The van der Waals surface area contributed by atoms with Gasteiger partial charge in [0, 0.05) is 18.2 Å². The zero-order valence-corrected chi connectivity index (χ0v) is 7.28. The van der Waals surface area contributed by atoms with E-state index in [0.717, 1.165) is 0 Å². The highest BCUT2D eigenvalue weighted by Crippen LogP contribution is 2.27. The normalized spacial score (nSPS) is 10.7. The zero-order chi connectivity index (χ0) is 11.6. The zero-order valence-electron chi connectivity index (χ0n) is 7.28. The first-order chi connectivity index (χ1) is 6.97. The van der Waals surface area contributed by atoms with Gasteiger partial charge in [0.2, 0.25) is 0 Å². The Kier molecular flexibility index (Phi) is 3.20. The fourth-order valence-electron chi connectivity index (χ4n) is 1.04. The molecule has 5 nitrogen and oxygen atoms in total. The average molecular weight is 221 g/mol. The van der Waals surface area contributed by atoms with Crippen LogP contribution in [0.5, 0.6) is 0 Å². The van der Waals surface area contributed by atoms with Crippen molar-refractivity contribution in [3.8, 4) is 0 Å². The summed E-state index contributed by atoms with van der Waals surface area (Å²) in [5, 5.41) is 10.2. The van der Waals surface area contributed by atoms with Gasteiger partial charge in [-0.1, -0.05) is 0 Å². The molecule has 0 aliphatic rings. The van der Waals surface area contributed by atoms with Crippen molar-refractivity contribution in [3.63, 3.8) is 0 Å².